The SMILES string of the molecule is C1C[As][As][As]C1. The average Bonchev–Trinajstić information content (AvgIpc) is 1.72. The van der Waals surface area contributed by atoms with E-state index >= 15 is 0 Å². The molecule has 0 aliphatic carbocycles. The third-order valence-electron chi connectivity index (χ3n) is 0.643. The fourth-order valence-corrected chi connectivity index (χ4v) is 24.6. The van der Waals surface area contributed by atoms with Crippen molar-refractivity contribution in [2.75, 3.05) is 0 Å². The summed E-state index contributed by atoms with van der Waals surface area (Å²) in [6.45, 7) is 0. The third-order valence-corrected chi connectivity index (χ3v) is 24.8. The molecule has 6 heavy (non-hydrogen) atoms. The zero-order valence-electron chi connectivity index (χ0n) is 3.46. The normalized spacial score (nSPS) is 36.0. The molecule has 1 aliphatic rings. The predicted octanol–water partition coefficient (Wildman–Crippen LogP) is 0.169. The second-order valence-corrected chi connectivity index (χ2v) is 22.9. The minimum atomic E-state index is 0.966. The molecule has 3 heteroatoms. The maximum absolute atomic E-state index is 1.66. The van der Waals surface area contributed by atoms with Gasteiger partial charge in [-0.1, -0.05) is 0 Å². The fraction of sp³-hybridized carbons (Fsp3) is 1.00. The van der Waals surface area contributed by atoms with E-state index in [9.17, 15) is 0 Å². The summed E-state index contributed by atoms with van der Waals surface area (Å²) in [4.78, 5) is 0. The van der Waals surface area contributed by atoms with Crippen molar-refractivity contribution in [1.29, 1.82) is 0 Å². The summed E-state index contributed by atoms with van der Waals surface area (Å²) >= 11 is 2.95. The van der Waals surface area contributed by atoms with E-state index in [2.05, 4.69) is 0 Å². The van der Waals surface area contributed by atoms with Crippen LogP contribution in [0.1, 0.15) is 6.42 Å². The van der Waals surface area contributed by atoms with E-state index in [1.807, 2.05) is 0 Å². The van der Waals surface area contributed by atoms with E-state index < -0.39 is 0 Å². The first kappa shape index (κ1) is 5.81. The van der Waals surface area contributed by atoms with Gasteiger partial charge in [-0.2, -0.15) is 0 Å². The van der Waals surface area contributed by atoms with Gasteiger partial charge in [-0.25, -0.2) is 0 Å². The van der Waals surface area contributed by atoms with Gasteiger partial charge < -0.3 is 0 Å². The second kappa shape index (κ2) is 3.65. The van der Waals surface area contributed by atoms with Gasteiger partial charge in [0.15, 0.2) is 0 Å². The molecular weight excluding hydrogens is 261 g/mol. The van der Waals surface area contributed by atoms with Crippen molar-refractivity contribution in [1.82, 2.24) is 0 Å². The van der Waals surface area contributed by atoms with Crippen LogP contribution in [-0.2, 0) is 0 Å². The van der Waals surface area contributed by atoms with E-state index in [4.69, 9.17) is 0 Å². The van der Waals surface area contributed by atoms with Gasteiger partial charge in [0.1, 0.15) is 0 Å². The van der Waals surface area contributed by atoms with E-state index in [-0.39, 0.29) is 0 Å². The molecule has 0 unspecified atom stereocenters. The molecule has 0 bridgehead atoms. The molecule has 0 amide bonds. The molecule has 0 aromatic heterocycles. The Balaban J connectivity index is 2.00. The molecule has 0 nitrogen and oxygen atoms in total. The Morgan fingerprint density at radius 1 is 1.00 bits per heavy atom. The van der Waals surface area contributed by atoms with Crippen LogP contribution in [0.4, 0.5) is 0 Å². The molecule has 1 heterocycles. The van der Waals surface area contributed by atoms with Gasteiger partial charge in [0.25, 0.3) is 0 Å². The van der Waals surface area contributed by atoms with Crippen LogP contribution in [0.3, 0.4) is 0 Å². The Bertz CT molecular complexity index is 21.5. The van der Waals surface area contributed by atoms with Crippen molar-refractivity contribution in [3.8, 4) is 0 Å². The molecule has 1 fully saturated rings. The molecular formula is C3H6As3. The van der Waals surface area contributed by atoms with Gasteiger partial charge in [-0.3, -0.25) is 0 Å². The molecule has 1 aliphatic heterocycles. The topological polar surface area (TPSA) is 0 Å². The molecule has 3 radical (unpaired) electrons. The second-order valence-electron chi connectivity index (χ2n) is 1.17. The van der Waals surface area contributed by atoms with Crippen LogP contribution >= 0.6 is 0 Å². The molecule has 0 saturated carbocycles. The number of hydrogen-bond donors (Lipinski definition) is 0. The molecule has 0 atom stereocenters. The van der Waals surface area contributed by atoms with E-state index in [1.165, 1.54) is 0 Å². The van der Waals surface area contributed by atoms with Gasteiger partial charge in [0, 0.05) is 0 Å². The predicted molar refractivity (Wildman–Crippen MR) is 31.5 cm³/mol. The van der Waals surface area contributed by atoms with Gasteiger partial charge in [0.2, 0.25) is 0 Å². The van der Waals surface area contributed by atoms with E-state index in [1.54, 1.807) is 16.8 Å². The Morgan fingerprint density at radius 3 is 1.83 bits per heavy atom. The van der Waals surface area contributed by atoms with Gasteiger partial charge in [-0.15, -0.1) is 0 Å². The summed E-state index contributed by atoms with van der Waals surface area (Å²) in [5, 5.41) is 3.32. The van der Waals surface area contributed by atoms with Gasteiger partial charge >= 0.3 is 55.8 Å². The first-order valence-electron chi connectivity index (χ1n) is 2.03. The molecule has 0 spiro atoms. The van der Waals surface area contributed by atoms with E-state index in [0.29, 0.717) is 0 Å². The Labute approximate surface area is 55.5 Å². The van der Waals surface area contributed by atoms with Crippen molar-refractivity contribution >= 4 is 39.0 Å². The average molecular weight is 267 g/mol. The van der Waals surface area contributed by atoms with E-state index in [0.717, 1.165) is 39.0 Å². The minimum absolute atomic E-state index is 0.966. The van der Waals surface area contributed by atoms with Crippen molar-refractivity contribution in [3.05, 3.63) is 0 Å². The van der Waals surface area contributed by atoms with Gasteiger partial charge in [-0.05, 0) is 0 Å². The van der Waals surface area contributed by atoms with Crippen LogP contribution in [0.25, 0.3) is 0 Å². The molecule has 1 saturated heterocycles. The molecule has 33 valence electrons. The monoisotopic (exact) mass is 267 g/mol. The number of hydrogen-bond acceptors (Lipinski definition) is 0. The van der Waals surface area contributed by atoms with Crippen LogP contribution in [0.2, 0.25) is 10.4 Å². The summed E-state index contributed by atoms with van der Waals surface area (Å²) in [6, 6.07) is 0. The Kier molecular flexibility index (Phi) is 3.53. The Hall–Kier alpha value is 1.68. The first-order chi connectivity index (χ1) is 3.00. The third kappa shape index (κ3) is 2.11. The summed E-state index contributed by atoms with van der Waals surface area (Å²) < 4.78 is 0. The fourth-order valence-electron chi connectivity index (χ4n) is 0.346. The van der Waals surface area contributed by atoms with Crippen molar-refractivity contribution in [2.24, 2.45) is 0 Å². The number of rotatable bonds is 0. The first-order valence-corrected chi connectivity index (χ1v) is 15.1. The summed E-state index contributed by atoms with van der Waals surface area (Å²) in [6.07, 6.45) is 1.61. The van der Waals surface area contributed by atoms with Crippen LogP contribution in [-0.4, -0.2) is 39.0 Å². The molecule has 0 aromatic carbocycles. The van der Waals surface area contributed by atoms with Crippen molar-refractivity contribution < 1.29 is 0 Å². The summed E-state index contributed by atoms with van der Waals surface area (Å²) in [5.41, 5.74) is 0. The summed E-state index contributed by atoms with van der Waals surface area (Å²) in [7, 11) is 0. The molecule has 0 aromatic rings. The maximum atomic E-state index is 1.66. The molecule has 1 rings (SSSR count). The van der Waals surface area contributed by atoms with Gasteiger partial charge in [0.05, 0.1) is 0 Å². The molecule has 0 N–H and O–H groups in total. The van der Waals surface area contributed by atoms with Crippen molar-refractivity contribution in [2.45, 2.75) is 16.8 Å². The zero-order chi connectivity index (χ0) is 4.24. The zero-order valence-corrected chi connectivity index (χ0v) is 9.09. The summed E-state index contributed by atoms with van der Waals surface area (Å²) in [5.74, 6) is 0. The van der Waals surface area contributed by atoms with Crippen LogP contribution in [0.15, 0.2) is 0 Å². The quantitative estimate of drug-likeness (QED) is 0.549. The standard InChI is InChI=1S/C3H6As3/c1-2-4-6-5-3-1/h1-3H2. The van der Waals surface area contributed by atoms with Crippen LogP contribution in [0.5, 0.6) is 0 Å². The van der Waals surface area contributed by atoms with Crippen LogP contribution in [0, 0.1) is 0 Å². The Morgan fingerprint density at radius 2 is 1.67 bits per heavy atom. The van der Waals surface area contributed by atoms with Crippen LogP contribution < -0.4 is 0 Å². The van der Waals surface area contributed by atoms with Crippen molar-refractivity contribution in [3.63, 3.8) is 0 Å².